The van der Waals surface area contributed by atoms with Crippen LogP contribution in [0.4, 0.5) is 0 Å². The fourth-order valence-electron chi connectivity index (χ4n) is 5.87. The molecule has 28 heavy (non-hydrogen) atoms. The summed E-state index contributed by atoms with van der Waals surface area (Å²) in [4.78, 5) is 19.5. The second-order valence-electron chi connectivity index (χ2n) is 8.64. The average molecular weight is 411 g/mol. The second kappa shape index (κ2) is 6.96. The van der Waals surface area contributed by atoms with Gasteiger partial charge in [0.2, 0.25) is 0 Å². The van der Waals surface area contributed by atoms with Gasteiger partial charge in [-0.1, -0.05) is 18.2 Å². The van der Waals surface area contributed by atoms with Gasteiger partial charge >= 0.3 is 0 Å². The van der Waals surface area contributed by atoms with Crippen molar-refractivity contribution in [3.8, 4) is 0 Å². The molecule has 4 heterocycles. The van der Waals surface area contributed by atoms with Crippen LogP contribution in [0.1, 0.15) is 43.0 Å². The third-order valence-corrected chi connectivity index (χ3v) is 9.83. The molecule has 3 atom stereocenters. The van der Waals surface area contributed by atoms with Crippen molar-refractivity contribution in [2.75, 3.05) is 24.6 Å². The highest BCUT2D eigenvalue weighted by atomic mass is 32.2. The summed E-state index contributed by atoms with van der Waals surface area (Å²) in [6.07, 6.45) is 5.36. The van der Waals surface area contributed by atoms with Crippen LogP contribution in [0.5, 0.6) is 0 Å². The molecular formula is C23H26N2OS2. The molecule has 1 aliphatic carbocycles. The van der Waals surface area contributed by atoms with Crippen LogP contribution in [0.15, 0.2) is 34.1 Å². The normalized spacial score (nSPS) is 30.9. The largest absolute Gasteiger partial charge is 0.357 e. The summed E-state index contributed by atoms with van der Waals surface area (Å²) in [7, 11) is 0. The van der Waals surface area contributed by atoms with Gasteiger partial charge < -0.3 is 4.98 Å². The van der Waals surface area contributed by atoms with E-state index in [9.17, 15) is 4.79 Å². The maximum Gasteiger partial charge on any atom is 0.160 e. The van der Waals surface area contributed by atoms with Gasteiger partial charge in [0.05, 0.1) is 6.04 Å². The van der Waals surface area contributed by atoms with Gasteiger partial charge in [-0.05, 0) is 60.7 Å². The number of rotatable bonds is 0. The molecule has 146 valence electrons. The molecule has 0 amide bonds. The number of ketones is 1. The van der Waals surface area contributed by atoms with E-state index < -0.39 is 0 Å². The molecule has 2 aromatic rings. The number of Topliss-reactive ketones (excluding diaryl/α,β-unsaturated/α-hetero) is 1. The zero-order valence-corrected chi connectivity index (χ0v) is 17.7. The second-order valence-corrected chi connectivity index (χ2v) is 11.1. The van der Waals surface area contributed by atoms with Gasteiger partial charge in [0, 0.05) is 45.9 Å². The lowest BCUT2D eigenvalue weighted by atomic mass is 9.68. The van der Waals surface area contributed by atoms with E-state index in [0.29, 0.717) is 23.7 Å². The van der Waals surface area contributed by atoms with Crippen LogP contribution >= 0.6 is 23.5 Å². The minimum absolute atomic E-state index is 0.442. The Morgan fingerprint density at radius 2 is 1.96 bits per heavy atom. The Labute approximate surface area is 174 Å². The fraction of sp³-hybridized carbons (Fsp3) is 0.522. The first-order valence-corrected chi connectivity index (χ1v) is 12.6. The Bertz CT molecular complexity index is 970. The molecule has 0 bridgehead atoms. The van der Waals surface area contributed by atoms with Crippen LogP contribution in [-0.2, 0) is 11.2 Å². The van der Waals surface area contributed by atoms with E-state index in [-0.39, 0.29) is 0 Å². The van der Waals surface area contributed by atoms with E-state index in [1.54, 1.807) is 0 Å². The van der Waals surface area contributed by atoms with Crippen LogP contribution in [0, 0.1) is 11.8 Å². The lowest BCUT2D eigenvalue weighted by Crippen LogP contribution is -2.48. The fourth-order valence-corrected chi connectivity index (χ4v) is 8.68. The molecule has 4 aliphatic rings. The smallest absolute Gasteiger partial charge is 0.160 e. The summed E-state index contributed by atoms with van der Waals surface area (Å²) < 4.78 is 1.37. The van der Waals surface area contributed by atoms with Crippen molar-refractivity contribution in [3.63, 3.8) is 0 Å². The number of nitrogens with zero attached hydrogens (tertiary/aromatic N) is 1. The standard InChI is InChI=1S/C23H26N2OS2/c26-20-7-6-14-13-25-9-8-16-15-4-1-2-5-18(15)24-22(16)19(25)12-17(14)21(20)23-27-10-3-11-28-23/h1-2,4-5,14,17,19,24H,3,6-13H2/t14-,17+,19+/m1/s1. The molecule has 0 unspecified atom stereocenters. The van der Waals surface area contributed by atoms with Gasteiger partial charge in [-0.25, -0.2) is 0 Å². The number of hydrogen-bond donors (Lipinski definition) is 1. The summed E-state index contributed by atoms with van der Waals surface area (Å²) in [6.45, 7) is 2.32. The minimum Gasteiger partial charge on any atom is -0.357 e. The van der Waals surface area contributed by atoms with Crippen LogP contribution in [0.2, 0.25) is 0 Å². The van der Waals surface area contributed by atoms with E-state index in [1.807, 2.05) is 23.5 Å². The topological polar surface area (TPSA) is 36.1 Å². The number of nitrogens with one attached hydrogen (secondary N) is 1. The maximum absolute atomic E-state index is 13.0. The molecule has 1 aromatic heterocycles. The molecule has 6 rings (SSSR count). The molecule has 2 saturated heterocycles. The lowest BCUT2D eigenvalue weighted by molar-refractivity contribution is -0.119. The van der Waals surface area contributed by atoms with Gasteiger partial charge in [-0.2, -0.15) is 0 Å². The molecule has 1 saturated carbocycles. The first-order valence-electron chi connectivity index (χ1n) is 10.7. The third-order valence-electron chi connectivity index (χ3n) is 7.17. The zero-order valence-electron chi connectivity index (χ0n) is 16.1. The molecule has 5 heteroatoms. The number of aromatic nitrogens is 1. The van der Waals surface area contributed by atoms with Crippen molar-refractivity contribution in [1.82, 2.24) is 9.88 Å². The number of hydrogen-bond acceptors (Lipinski definition) is 4. The summed E-state index contributed by atoms with van der Waals surface area (Å²) in [5, 5.41) is 1.40. The number of piperidine rings is 1. The highest BCUT2D eigenvalue weighted by Crippen LogP contribution is 2.51. The van der Waals surface area contributed by atoms with Gasteiger partial charge in [-0.15, -0.1) is 23.5 Å². The van der Waals surface area contributed by atoms with E-state index in [4.69, 9.17) is 0 Å². The molecule has 3 nitrogen and oxygen atoms in total. The van der Waals surface area contributed by atoms with Crippen molar-refractivity contribution in [1.29, 1.82) is 0 Å². The highest BCUT2D eigenvalue weighted by Gasteiger charge is 2.45. The van der Waals surface area contributed by atoms with Crippen molar-refractivity contribution in [2.45, 2.75) is 38.1 Å². The minimum atomic E-state index is 0.442. The number of para-hydroxylation sites is 1. The third kappa shape index (κ3) is 2.73. The van der Waals surface area contributed by atoms with Gasteiger partial charge in [0.25, 0.3) is 0 Å². The summed E-state index contributed by atoms with van der Waals surface area (Å²) >= 11 is 3.90. The van der Waals surface area contributed by atoms with Crippen molar-refractivity contribution < 1.29 is 4.79 Å². The first-order chi connectivity index (χ1) is 13.8. The predicted octanol–water partition coefficient (Wildman–Crippen LogP) is 5.15. The van der Waals surface area contributed by atoms with Gasteiger partial charge in [-0.3, -0.25) is 9.69 Å². The van der Waals surface area contributed by atoms with E-state index in [2.05, 4.69) is 34.1 Å². The van der Waals surface area contributed by atoms with Crippen molar-refractivity contribution >= 4 is 40.2 Å². The van der Waals surface area contributed by atoms with Crippen molar-refractivity contribution in [3.05, 3.63) is 45.3 Å². The summed E-state index contributed by atoms with van der Waals surface area (Å²) in [6, 6.07) is 9.19. The number of thioether (sulfide) groups is 2. The highest BCUT2D eigenvalue weighted by molar-refractivity contribution is 8.22. The molecule has 0 spiro atoms. The molecule has 3 aliphatic heterocycles. The van der Waals surface area contributed by atoms with E-state index >= 15 is 0 Å². The number of carbonyl (C=O) groups excluding carboxylic acids is 1. The van der Waals surface area contributed by atoms with Crippen LogP contribution in [-0.4, -0.2) is 40.3 Å². The number of aromatic amines is 1. The lowest BCUT2D eigenvalue weighted by Gasteiger charge is -2.48. The van der Waals surface area contributed by atoms with Crippen LogP contribution < -0.4 is 0 Å². The zero-order chi connectivity index (χ0) is 18.7. The van der Waals surface area contributed by atoms with E-state index in [1.165, 1.54) is 49.9 Å². The molecule has 1 aromatic carbocycles. The summed E-state index contributed by atoms with van der Waals surface area (Å²) in [5.41, 5.74) is 5.44. The quantitative estimate of drug-likeness (QED) is 0.610. The Balaban J connectivity index is 1.40. The van der Waals surface area contributed by atoms with Crippen LogP contribution in [0.3, 0.4) is 0 Å². The molecule has 1 N–H and O–H groups in total. The average Bonchev–Trinajstić information content (AvgIpc) is 3.12. The molecular weight excluding hydrogens is 384 g/mol. The van der Waals surface area contributed by atoms with Crippen molar-refractivity contribution in [2.24, 2.45) is 11.8 Å². The number of allylic oxidation sites excluding steroid dienone is 1. The van der Waals surface area contributed by atoms with Gasteiger partial charge in [0.1, 0.15) is 0 Å². The maximum atomic E-state index is 13.0. The molecule has 0 radical (unpaired) electrons. The number of benzene rings is 1. The first kappa shape index (κ1) is 17.7. The number of H-pyrrole nitrogens is 1. The Hall–Kier alpha value is -1.17. The Kier molecular flexibility index (Phi) is 4.39. The Morgan fingerprint density at radius 1 is 1.11 bits per heavy atom. The van der Waals surface area contributed by atoms with Crippen LogP contribution in [0.25, 0.3) is 10.9 Å². The SMILES string of the molecule is O=C1CC[C@@H]2CN3CCc4c([nH]c5ccccc45)[C@@H]3C[C@@H]2C1=C1SCCCS1. The van der Waals surface area contributed by atoms with E-state index in [0.717, 1.165) is 38.8 Å². The number of fused-ring (bicyclic) bond motifs is 6. The molecule has 3 fully saturated rings. The summed E-state index contributed by atoms with van der Waals surface area (Å²) in [5.74, 6) is 3.91. The monoisotopic (exact) mass is 410 g/mol. The predicted molar refractivity (Wildman–Crippen MR) is 119 cm³/mol. The Morgan fingerprint density at radius 3 is 2.86 bits per heavy atom. The van der Waals surface area contributed by atoms with Gasteiger partial charge in [0.15, 0.2) is 5.78 Å². The number of carbonyl (C=O) groups is 1.